The third-order valence-electron chi connectivity index (χ3n) is 3.41. The zero-order valence-electron chi connectivity index (χ0n) is 11.8. The molecule has 1 unspecified atom stereocenters. The molecule has 1 atom stereocenters. The first-order valence-corrected chi connectivity index (χ1v) is 6.54. The summed E-state index contributed by atoms with van der Waals surface area (Å²) in [5, 5.41) is 3.52. The Kier molecular flexibility index (Phi) is 5.43. The molecule has 0 heterocycles. The van der Waals surface area contributed by atoms with Crippen LogP contribution < -0.4 is 5.32 Å². The first-order chi connectivity index (χ1) is 8.06. The summed E-state index contributed by atoms with van der Waals surface area (Å²) in [4.78, 5) is 0. The molecule has 0 aliphatic rings. The Bertz CT molecular complexity index is 391. The fourth-order valence-electron chi connectivity index (χ4n) is 1.82. The predicted octanol–water partition coefficient (Wildman–Crippen LogP) is 4.09. The molecule has 0 amide bonds. The van der Waals surface area contributed by atoms with Gasteiger partial charge in [0, 0.05) is 6.04 Å². The summed E-state index contributed by atoms with van der Waals surface area (Å²) >= 11 is 0. The minimum absolute atomic E-state index is 0.454. The molecule has 94 valence electrons. The van der Waals surface area contributed by atoms with Gasteiger partial charge in [-0.2, -0.15) is 0 Å². The van der Waals surface area contributed by atoms with E-state index in [1.807, 2.05) is 0 Å². The fraction of sp³-hybridized carbons (Fsp3) is 0.500. The van der Waals surface area contributed by atoms with Crippen LogP contribution in [0, 0.1) is 13.8 Å². The van der Waals surface area contributed by atoms with Crippen LogP contribution in [0.2, 0.25) is 0 Å². The van der Waals surface area contributed by atoms with E-state index in [1.165, 1.54) is 28.7 Å². The van der Waals surface area contributed by atoms with E-state index in [0.717, 1.165) is 6.54 Å². The van der Waals surface area contributed by atoms with Gasteiger partial charge in [-0.25, -0.2) is 0 Å². The Morgan fingerprint density at radius 2 is 2.06 bits per heavy atom. The summed E-state index contributed by atoms with van der Waals surface area (Å²) in [6.45, 7) is 12.1. The van der Waals surface area contributed by atoms with Gasteiger partial charge < -0.3 is 5.32 Å². The lowest BCUT2D eigenvalue weighted by Crippen LogP contribution is -2.27. The highest BCUT2D eigenvalue weighted by atomic mass is 14.9. The highest BCUT2D eigenvalue weighted by Crippen LogP contribution is 2.17. The minimum Gasteiger partial charge on any atom is -0.311 e. The van der Waals surface area contributed by atoms with Crippen LogP contribution in [0.5, 0.6) is 0 Å². The second-order valence-electron chi connectivity index (χ2n) is 4.85. The Balaban J connectivity index is 2.83. The van der Waals surface area contributed by atoms with E-state index in [4.69, 9.17) is 0 Å². The molecular weight excluding hydrogens is 206 g/mol. The van der Waals surface area contributed by atoms with E-state index < -0.39 is 0 Å². The van der Waals surface area contributed by atoms with Crippen molar-refractivity contribution in [3.63, 3.8) is 0 Å². The monoisotopic (exact) mass is 231 g/mol. The third-order valence-corrected chi connectivity index (χ3v) is 3.41. The lowest BCUT2D eigenvalue weighted by atomic mass is 10.00. The average Bonchev–Trinajstić information content (AvgIpc) is 2.31. The van der Waals surface area contributed by atoms with Gasteiger partial charge in [0.25, 0.3) is 0 Å². The maximum Gasteiger partial charge on any atom is 0.0251 e. The van der Waals surface area contributed by atoms with Crippen LogP contribution in [-0.4, -0.2) is 12.6 Å². The second-order valence-corrected chi connectivity index (χ2v) is 4.85. The van der Waals surface area contributed by atoms with Gasteiger partial charge in [0.2, 0.25) is 0 Å². The van der Waals surface area contributed by atoms with Gasteiger partial charge in [-0.05, 0) is 57.4 Å². The lowest BCUT2D eigenvalue weighted by molar-refractivity contribution is 0.604. The number of rotatable bonds is 5. The maximum absolute atomic E-state index is 3.52. The van der Waals surface area contributed by atoms with Crippen molar-refractivity contribution >= 4 is 6.08 Å². The summed E-state index contributed by atoms with van der Waals surface area (Å²) in [5.41, 5.74) is 5.48. The predicted molar refractivity (Wildman–Crippen MR) is 77.3 cm³/mol. The van der Waals surface area contributed by atoms with E-state index in [2.05, 4.69) is 64.2 Å². The highest BCUT2D eigenvalue weighted by Gasteiger charge is 2.04. The first kappa shape index (κ1) is 14.0. The Morgan fingerprint density at radius 1 is 1.35 bits per heavy atom. The Hall–Kier alpha value is -1.08. The van der Waals surface area contributed by atoms with Gasteiger partial charge in [0.15, 0.2) is 0 Å². The number of benzene rings is 1. The molecule has 0 aliphatic heterocycles. The molecule has 17 heavy (non-hydrogen) atoms. The quantitative estimate of drug-likeness (QED) is 0.804. The van der Waals surface area contributed by atoms with Gasteiger partial charge in [0.1, 0.15) is 0 Å². The van der Waals surface area contributed by atoms with Crippen LogP contribution in [-0.2, 0) is 0 Å². The molecule has 0 radical (unpaired) electrons. The Labute approximate surface area is 106 Å². The number of aryl methyl sites for hydroxylation is 1. The molecule has 0 aromatic heterocycles. The first-order valence-electron chi connectivity index (χ1n) is 6.54. The van der Waals surface area contributed by atoms with Gasteiger partial charge in [-0.3, -0.25) is 0 Å². The molecule has 0 aliphatic carbocycles. The SMILES string of the molecule is CCCNC(C)/C(C)=C/c1cccc(C)c1C. The van der Waals surface area contributed by atoms with E-state index in [1.54, 1.807) is 0 Å². The molecule has 0 spiro atoms. The van der Waals surface area contributed by atoms with Crippen LogP contribution in [0.15, 0.2) is 23.8 Å². The van der Waals surface area contributed by atoms with Crippen molar-refractivity contribution in [2.45, 2.75) is 47.1 Å². The van der Waals surface area contributed by atoms with E-state index >= 15 is 0 Å². The van der Waals surface area contributed by atoms with Gasteiger partial charge >= 0.3 is 0 Å². The van der Waals surface area contributed by atoms with E-state index in [0.29, 0.717) is 6.04 Å². The fourth-order valence-corrected chi connectivity index (χ4v) is 1.82. The van der Waals surface area contributed by atoms with E-state index in [-0.39, 0.29) is 0 Å². The molecule has 1 aromatic rings. The van der Waals surface area contributed by atoms with Crippen molar-refractivity contribution in [3.8, 4) is 0 Å². The maximum atomic E-state index is 3.52. The molecule has 0 saturated carbocycles. The lowest BCUT2D eigenvalue weighted by Gasteiger charge is -2.15. The van der Waals surface area contributed by atoms with Crippen LogP contribution in [0.25, 0.3) is 6.08 Å². The molecule has 1 heteroatoms. The normalized spacial score (nSPS) is 13.8. The molecule has 1 N–H and O–H groups in total. The zero-order chi connectivity index (χ0) is 12.8. The second kappa shape index (κ2) is 6.61. The average molecular weight is 231 g/mol. The van der Waals surface area contributed by atoms with Crippen molar-refractivity contribution in [3.05, 3.63) is 40.5 Å². The van der Waals surface area contributed by atoms with Crippen molar-refractivity contribution in [1.29, 1.82) is 0 Å². The molecule has 1 rings (SSSR count). The summed E-state index contributed by atoms with van der Waals surface area (Å²) < 4.78 is 0. The summed E-state index contributed by atoms with van der Waals surface area (Å²) in [6.07, 6.45) is 3.48. The molecule has 0 saturated heterocycles. The number of hydrogen-bond donors (Lipinski definition) is 1. The van der Waals surface area contributed by atoms with Crippen LogP contribution in [0.3, 0.4) is 0 Å². The number of nitrogens with one attached hydrogen (secondary N) is 1. The van der Waals surface area contributed by atoms with Crippen molar-refractivity contribution < 1.29 is 0 Å². The van der Waals surface area contributed by atoms with Gasteiger partial charge in [-0.15, -0.1) is 0 Å². The largest absolute Gasteiger partial charge is 0.311 e. The van der Waals surface area contributed by atoms with Crippen molar-refractivity contribution in [2.24, 2.45) is 0 Å². The molecule has 0 bridgehead atoms. The molecule has 1 nitrogen and oxygen atoms in total. The zero-order valence-corrected chi connectivity index (χ0v) is 11.8. The minimum atomic E-state index is 0.454. The van der Waals surface area contributed by atoms with Gasteiger partial charge in [0.05, 0.1) is 0 Å². The van der Waals surface area contributed by atoms with Gasteiger partial charge in [-0.1, -0.05) is 36.8 Å². The smallest absolute Gasteiger partial charge is 0.0251 e. The van der Waals surface area contributed by atoms with Crippen LogP contribution in [0.4, 0.5) is 0 Å². The standard InChI is InChI=1S/C16H25N/c1-6-10-17-15(5)13(3)11-16-9-7-8-12(2)14(16)4/h7-9,11,15,17H,6,10H2,1-5H3/b13-11+. The Morgan fingerprint density at radius 3 is 2.71 bits per heavy atom. The van der Waals surface area contributed by atoms with Crippen molar-refractivity contribution in [2.75, 3.05) is 6.54 Å². The van der Waals surface area contributed by atoms with Crippen LogP contribution in [0.1, 0.15) is 43.9 Å². The van der Waals surface area contributed by atoms with Crippen molar-refractivity contribution in [1.82, 2.24) is 5.32 Å². The third kappa shape index (κ3) is 4.01. The molecular formula is C16H25N. The summed E-state index contributed by atoms with van der Waals surface area (Å²) in [5.74, 6) is 0. The number of hydrogen-bond acceptors (Lipinski definition) is 1. The topological polar surface area (TPSA) is 12.0 Å². The molecule has 1 aromatic carbocycles. The van der Waals surface area contributed by atoms with Crippen LogP contribution >= 0.6 is 0 Å². The molecule has 0 fully saturated rings. The summed E-state index contributed by atoms with van der Waals surface area (Å²) in [7, 11) is 0. The summed E-state index contributed by atoms with van der Waals surface area (Å²) in [6, 6.07) is 6.94. The van der Waals surface area contributed by atoms with E-state index in [9.17, 15) is 0 Å². The highest BCUT2D eigenvalue weighted by molar-refractivity contribution is 5.58.